The quantitative estimate of drug-likeness (QED) is 0.627. The molecule has 0 spiro atoms. The summed E-state index contributed by atoms with van der Waals surface area (Å²) in [5.41, 5.74) is 1.02. The molecule has 1 N–H and O–H groups in total. The largest absolute Gasteiger partial charge is 0.388 e. The van der Waals surface area contributed by atoms with E-state index in [-0.39, 0.29) is 6.10 Å². The second kappa shape index (κ2) is 8.42. The highest BCUT2D eigenvalue weighted by Crippen LogP contribution is 2.40. The van der Waals surface area contributed by atoms with Crippen LogP contribution in [0.2, 0.25) is 0 Å². The van der Waals surface area contributed by atoms with Crippen LogP contribution in [0.3, 0.4) is 0 Å². The molecule has 0 aromatic carbocycles. The molecule has 0 radical (unpaired) electrons. The first kappa shape index (κ1) is 15.5. The van der Waals surface area contributed by atoms with Crippen LogP contribution in [-0.4, -0.2) is 49.8 Å². The molecule has 1 aromatic heterocycles. The lowest BCUT2D eigenvalue weighted by Crippen LogP contribution is -2.11. The summed E-state index contributed by atoms with van der Waals surface area (Å²) in [6.07, 6.45) is 6.03. The van der Waals surface area contributed by atoms with E-state index in [0.29, 0.717) is 39.0 Å². The fourth-order valence-corrected chi connectivity index (χ4v) is 2.09. The minimum Gasteiger partial charge on any atom is -0.388 e. The lowest BCUT2D eigenvalue weighted by molar-refractivity contribution is 0.0230. The molecule has 114 valence electrons. The Labute approximate surface area is 120 Å². The van der Waals surface area contributed by atoms with Crippen LogP contribution in [0.5, 0.6) is 0 Å². The van der Waals surface area contributed by atoms with Crippen molar-refractivity contribution in [3.8, 4) is 0 Å². The van der Waals surface area contributed by atoms with E-state index < -0.39 is 0 Å². The first-order chi connectivity index (χ1) is 9.81. The van der Waals surface area contributed by atoms with Crippen LogP contribution in [-0.2, 0) is 20.8 Å². The Hall–Kier alpha value is -0.880. The van der Waals surface area contributed by atoms with E-state index in [0.717, 1.165) is 24.9 Å². The Morgan fingerprint density at radius 2 is 1.90 bits per heavy atom. The maximum atomic E-state index is 10.0. The first-order valence-corrected chi connectivity index (χ1v) is 7.29. The van der Waals surface area contributed by atoms with Crippen molar-refractivity contribution in [2.75, 3.05) is 40.1 Å². The highest BCUT2D eigenvalue weighted by Gasteiger charge is 2.31. The number of aliphatic hydroxyl groups excluding tert-OH is 1. The molecule has 1 heterocycles. The van der Waals surface area contributed by atoms with E-state index in [1.807, 2.05) is 18.5 Å². The number of methoxy groups -OCH3 is 1. The van der Waals surface area contributed by atoms with Crippen molar-refractivity contribution < 1.29 is 19.3 Å². The third-order valence-electron chi connectivity index (χ3n) is 3.48. The Morgan fingerprint density at radius 3 is 2.60 bits per heavy atom. The number of hydrogen-bond acceptors (Lipinski definition) is 4. The summed E-state index contributed by atoms with van der Waals surface area (Å²) >= 11 is 0. The van der Waals surface area contributed by atoms with Crippen LogP contribution in [0.25, 0.3) is 0 Å². The van der Waals surface area contributed by atoms with Gasteiger partial charge in [-0.1, -0.05) is 0 Å². The predicted molar refractivity (Wildman–Crippen MR) is 75.6 cm³/mol. The number of ether oxygens (including phenoxy) is 3. The zero-order valence-corrected chi connectivity index (χ0v) is 12.2. The van der Waals surface area contributed by atoms with E-state index in [2.05, 4.69) is 4.57 Å². The summed E-state index contributed by atoms with van der Waals surface area (Å²) in [6.45, 7) is 3.88. The summed E-state index contributed by atoms with van der Waals surface area (Å²) in [4.78, 5) is 0. The summed E-state index contributed by atoms with van der Waals surface area (Å²) in [7, 11) is 1.66. The second-order valence-corrected chi connectivity index (χ2v) is 5.18. The van der Waals surface area contributed by atoms with E-state index in [4.69, 9.17) is 14.2 Å². The monoisotopic (exact) mass is 283 g/mol. The van der Waals surface area contributed by atoms with Crippen molar-refractivity contribution in [1.82, 2.24) is 4.57 Å². The van der Waals surface area contributed by atoms with Gasteiger partial charge >= 0.3 is 0 Å². The Morgan fingerprint density at radius 1 is 1.20 bits per heavy atom. The molecule has 1 saturated carbocycles. The van der Waals surface area contributed by atoms with Crippen molar-refractivity contribution in [2.24, 2.45) is 5.92 Å². The molecular weight excluding hydrogens is 258 g/mol. The van der Waals surface area contributed by atoms with Gasteiger partial charge in [0.05, 0.1) is 39.1 Å². The summed E-state index contributed by atoms with van der Waals surface area (Å²) in [5, 5.41) is 10.0. The number of aromatic nitrogens is 1. The molecule has 0 aliphatic heterocycles. The van der Waals surface area contributed by atoms with E-state index in [9.17, 15) is 5.11 Å². The van der Waals surface area contributed by atoms with Gasteiger partial charge < -0.3 is 23.9 Å². The molecule has 1 aromatic rings. The summed E-state index contributed by atoms with van der Waals surface area (Å²) in [6, 6.07) is 2.00. The number of nitrogens with zero attached hydrogens (tertiary/aromatic N) is 1. The zero-order chi connectivity index (χ0) is 14.2. The van der Waals surface area contributed by atoms with Crippen LogP contribution in [0.4, 0.5) is 0 Å². The van der Waals surface area contributed by atoms with Gasteiger partial charge in [0.15, 0.2) is 0 Å². The van der Waals surface area contributed by atoms with Crippen LogP contribution < -0.4 is 0 Å². The standard InChI is InChI=1S/C15H25NO4/c1-18-8-9-20-11-10-19-7-6-16-5-4-14(12-16)15(17)13-2-3-13/h4-5,12-13,15,17H,2-3,6-11H2,1H3. The molecule has 5 heteroatoms. The van der Waals surface area contributed by atoms with E-state index in [1.54, 1.807) is 7.11 Å². The minimum absolute atomic E-state index is 0.286. The van der Waals surface area contributed by atoms with Gasteiger partial charge in [0.25, 0.3) is 0 Å². The fraction of sp³-hybridized carbons (Fsp3) is 0.733. The molecule has 0 saturated heterocycles. The first-order valence-electron chi connectivity index (χ1n) is 7.29. The molecule has 1 atom stereocenters. The molecule has 1 aliphatic carbocycles. The predicted octanol–water partition coefficient (Wildman–Crippen LogP) is 1.61. The van der Waals surface area contributed by atoms with E-state index >= 15 is 0 Å². The van der Waals surface area contributed by atoms with Crippen molar-refractivity contribution in [2.45, 2.75) is 25.5 Å². The third-order valence-corrected chi connectivity index (χ3v) is 3.48. The van der Waals surface area contributed by atoms with Gasteiger partial charge in [-0.05, 0) is 30.4 Å². The maximum Gasteiger partial charge on any atom is 0.0832 e. The smallest absolute Gasteiger partial charge is 0.0832 e. The fourth-order valence-electron chi connectivity index (χ4n) is 2.09. The Balaban J connectivity index is 1.53. The lowest BCUT2D eigenvalue weighted by atomic mass is 10.1. The minimum atomic E-state index is -0.286. The van der Waals surface area contributed by atoms with Crippen molar-refractivity contribution in [3.63, 3.8) is 0 Å². The third kappa shape index (κ3) is 5.25. The highest BCUT2D eigenvalue weighted by atomic mass is 16.5. The maximum absolute atomic E-state index is 10.0. The van der Waals surface area contributed by atoms with Crippen molar-refractivity contribution in [1.29, 1.82) is 0 Å². The second-order valence-electron chi connectivity index (χ2n) is 5.18. The normalized spacial score (nSPS) is 16.5. The Bertz CT molecular complexity index is 376. The van der Waals surface area contributed by atoms with Crippen LogP contribution in [0.1, 0.15) is 24.5 Å². The van der Waals surface area contributed by atoms with Gasteiger partial charge in [0.1, 0.15) is 0 Å². The van der Waals surface area contributed by atoms with Crippen molar-refractivity contribution >= 4 is 0 Å². The number of aliphatic hydroxyl groups is 1. The van der Waals surface area contributed by atoms with Gasteiger partial charge in [-0.3, -0.25) is 0 Å². The number of rotatable bonds is 11. The molecule has 20 heavy (non-hydrogen) atoms. The summed E-state index contributed by atoms with van der Waals surface area (Å²) < 4.78 is 17.7. The van der Waals surface area contributed by atoms with E-state index in [1.165, 1.54) is 0 Å². The molecule has 1 aliphatic rings. The Kier molecular flexibility index (Phi) is 6.53. The van der Waals surface area contributed by atoms with Crippen LogP contribution >= 0.6 is 0 Å². The average Bonchev–Trinajstić information content (AvgIpc) is 3.20. The molecule has 2 rings (SSSR count). The van der Waals surface area contributed by atoms with Gasteiger partial charge in [0, 0.05) is 26.0 Å². The molecule has 0 bridgehead atoms. The lowest BCUT2D eigenvalue weighted by Gasteiger charge is -2.07. The SMILES string of the molecule is COCCOCCOCCn1ccc(C(O)C2CC2)c1. The molecule has 5 nitrogen and oxygen atoms in total. The highest BCUT2D eigenvalue weighted by molar-refractivity contribution is 5.16. The zero-order valence-electron chi connectivity index (χ0n) is 12.2. The number of hydrogen-bond donors (Lipinski definition) is 1. The van der Waals surface area contributed by atoms with Gasteiger partial charge in [-0.2, -0.15) is 0 Å². The molecule has 1 fully saturated rings. The molecular formula is C15H25NO4. The topological polar surface area (TPSA) is 52.9 Å². The van der Waals surface area contributed by atoms with Crippen molar-refractivity contribution in [3.05, 3.63) is 24.0 Å². The van der Waals surface area contributed by atoms with Gasteiger partial charge in [-0.15, -0.1) is 0 Å². The van der Waals surface area contributed by atoms with Crippen LogP contribution in [0, 0.1) is 5.92 Å². The summed E-state index contributed by atoms with van der Waals surface area (Å²) in [5.74, 6) is 0.478. The van der Waals surface area contributed by atoms with Gasteiger partial charge in [0.2, 0.25) is 0 Å². The molecule has 0 amide bonds. The van der Waals surface area contributed by atoms with Gasteiger partial charge in [-0.25, -0.2) is 0 Å². The van der Waals surface area contributed by atoms with Crippen LogP contribution in [0.15, 0.2) is 18.5 Å². The molecule has 1 unspecified atom stereocenters. The average molecular weight is 283 g/mol.